The summed E-state index contributed by atoms with van der Waals surface area (Å²) in [5.74, 6) is 1.50. The Morgan fingerprint density at radius 1 is 0.647 bits per heavy atom. The van der Waals surface area contributed by atoms with Crippen LogP contribution in [0.2, 0.25) is 0 Å². The highest BCUT2D eigenvalue weighted by molar-refractivity contribution is 8.01. The van der Waals surface area contributed by atoms with Gasteiger partial charge >= 0.3 is 0 Å². The lowest BCUT2D eigenvalue weighted by Gasteiger charge is -2.23. The van der Waals surface area contributed by atoms with Crippen molar-refractivity contribution in [3.8, 4) is 0 Å². The summed E-state index contributed by atoms with van der Waals surface area (Å²) in [6.45, 7) is 0. The van der Waals surface area contributed by atoms with Crippen LogP contribution in [0.15, 0.2) is 121 Å². The van der Waals surface area contributed by atoms with Crippen LogP contribution in [0.25, 0.3) is 57.0 Å². The molecule has 2 aromatic carbocycles. The van der Waals surface area contributed by atoms with E-state index in [9.17, 15) is 0 Å². The second-order valence-corrected chi connectivity index (χ2v) is 16.6. The molecule has 1 aliphatic heterocycles. The van der Waals surface area contributed by atoms with Gasteiger partial charge in [0.25, 0.3) is 0 Å². The highest BCUT2D eigenvalue weighted by atomic mass is 32.2. The monoisotopic (exact) mass is 678 g/mol. The van der Waals surface area contributed by atoms with Crippen molar-refractivity contribution in [3.05, 3.63) is 154 Å². The summed E-state index contributed by atoms with van der Waals surface area (Å²) in [5, 5.41) is 6.76. The van der Waals surface area contributed by atoms with Gasteiger partial charge in [0.15, 0.2) is 0 Å². The van der Waals surface area contributed by atoms with Crippen molar-refractivity contribution < 1.29 is 0 Å². The number of hydrogen-bond acceptors (Lipinski definition) is 1. The highest BCUT2D eigenvalue weighted by Crippen LogP contribution is 2.50. The van der Waals surface area contributed by atoms with Gasteiger partial charge in [-0.2, -0.15) is 0 Å². The van der Waals surface area contributed by atoms with Crippen LogP contribution >= 0.6 is 11.8 Å². The van der Waals surface area contributed by atoms with Crippen LogP contribution in [-0.2, 0) is 6.42 Å². The van der Waals surface area contributed by atoms with Gasteiger partial charge in [-0.15, -0.1) is 11.8 Å². The molecule has 0 N–H and O–H groups in total. The van der Waals surface area contributed by atoms with Gasteiger partial charge in [-0.25, -0.2) is 0 Å². The van der Waals surface area contributed by atoms with Crippen molar-refractivity contribution in [3.63, 3.8) is 0 Å². The predicted molar refractivity (Wildman–Crippen MR) is 220 cm³/mol. The summed E-state index contributed by atoms with van der Waals surface area (Å²) in [6.07, 6.45) is 48.0. The molecule has 250 valence electrons. The summed E-state index contributed by atoms with van der Waals surface area (Å²) in [7, 11) is 0. The van der Waals surface area contributed by atoms with E-state index in [1.165, 1.54) is 71.7 Å². The molecule has 1 saturated heterocycles. The number of rotatable bonds is 4. The molecule has 11 rings (SSSR count). The average Bonchev–Trinajstić information content (AvgIpc) is 3.85. The minimum atomic E-state index is 0.366. The Kier molecular flexibility index (Phi) is 7.00. The number of allylic oxidation sites excluding steroid dienone is 15. The van der Waals surface area contributed by atoms with Crippen molar-refractivity contribution in [2.45, 2.75) is 61.4 Å². The van der Waals surface area contributed by atoms with E-state index in [-0.39, 0.29) is 0 Å². The first kappa shape index (κ1) is 29.9. The third-order valence-electron chi connectivity index (χ3n) is 12.4. The molecular formula is C48H42N2S. The fourth-order valence-corrected chi connectivity index (χ4v) is 11.5. The SMILES string of the molecule is C1=CCCC(n2c3c(c4c2=CCC(c2ccc5c(c2)c2ccc(C6=CC7C(C=C6)SC6C=CC=CC67)cc2n5C2=CC=CCC2)C=4)CCC=C3)=C1. The molecule has 3 heteroatoms. The number of nitrogens with zero attached hydrogens (tertiary/aromatic N) is 2. The van der Waals surface area contributed by atoms with Crippen molar-refractivity contribution >= 4 is 68.8 Å². The van der Waals surface area contributed by atoms with Crippen LogP contribution in [-0.4, -0.2) is 19.6 Å². The van der Waals surface area contributed by atoms with Gasteiger partial charge in [0.1, 0.15) is 0 Å². The maximum atomic E-state index is 2.61. The zero-order valence-electron chi connectivity index (χ0n) is 28.9. The van der Waals surface area contributed by atoms with Crippen LogP contribution in [0.3, 0.4) is 0 Å². The molecule has 6 aliphatic carbocycles. The molecule has 0 spiro atoms. The largest absolute Gasteiger partial charge is 0.314 e. The Labute approximate surface area is 304 Å². The Morgan fingerprint density at radius 3 is 2.33 bits per heavy atom. The smallest absolute Gasteiger partial charge is 0.0544 e. The van der Waals surface area contributed by atoms with Gasteiger partial charge in [0.2, 0.25) is 0 Å². The van der Waals surface area contributed by atoms with Gasteiger partial charge in [0, 0.05) is 66.7 Å². The van der Waals surface area contributed by atoms with Crippen molar-refractivity contribution in [2.75, 3.05) is 0 Å². The van der Waals surface area contributed by atoms with Gasteiger partial charge in [-0.05, 0) is 104 Å². The molecule has 0 saturated carbocycles. The van der Waals surface area contributed by atoms with Crippen LogP contribution in [0.4, 0.5) is 0 Å². The van der Waals surface area contributed by atoms with E-state index >= 15 is 0 Å². The fraction of sp³-hybridized carbons (Fsp3) is 0.250. The second kappa shape index (κ2) is 11.9. The van der Waals surface area contributed by atoms with E-state index < -0.39 is 0 Å². The van der Waals surface area contributed by atoms with Crippen molar-refractivity contribution in [1.82, 2.24) is 9.13 Å². The Bertz CT molecular complexity index is 2570. The molecule has 51 heavy (non-hydrogen) atoms. The van der Waals surface area contributed by atoms with E-state index in [1.54, 1.807) is 0 Å². The van der Waals surface area contributed by atoms with Crippen molar-refractivity contribution in [1.29, 1.82) is 0 Å². The lowest BCUT2D eigenvalue weighted by atomic mass is 9.80. The van der Waals surface area contributed by atoms with Gasteiger partial charge < -0.3 is 9.13 Å². The maximum absolute atomic E-state index is 2.61. The van der Waals surface area contributed by atoms with Gasteiger partial charge in [-0.3, -0.25) is 0 Å². The van der Waals surface area contributed by atoms with Crippen molar-refractivity contribution in [2.24, 2.45) is 11.8 Å². The summed E-state index contributed by atoms with van der Waals surface area (Å²) in [5.41, 5.74) is 12.5. The minimum Gasteiger partial charge on any atom is -0.314 e. The summed E-state index contributed by atoms with van der Waals surface area (Å²) in [4.78, 5) is 0. The zero-order valence-corrected chi connectivity index (χ0v) is 29.7. The number of hydrogen-bond donors (Lipinski definition) is 0. The summed E-state index contributed by atoms with van der Waals surface area (Å²) < 4.78 is 5.14. The molecule has 0 amide bonds. The molecule has 1 fully saturated rings. The second-order valence-electron chi connectivity index (χ2n) is 15.2. The van der Waals surface area contributed by atoms with Crippen LogP contribution in [0.1, 0.15) is 66.8 Å². The van der Waals surface area contributed by atoms with Crippen LogP contribution < -0.4 is 10.6 Å². The number of thioether (sulfide) groups is 1. The summed E-state index contributed by atoms with van der Waals surface area (Å²) in [6, 6.07) is 14.6. The molecule has 2 nitrogen and oxygen atoms in total. The molecular weight excluding hydrogens is 637 g/mol. The lowest BCUT2D eigenvalue weighted by molar-refractivity contribution is 0.528. The number of benzene rings is 2. The number of aromatic nitrogens is 2. The van der Waals surface area contributed by atoms with Crippen LogP contribution in [0, 0.1) is 11.8 Å². The molecule has 3 heterocycles. The van der Waals surface area contributed by atoms with E-state index in [2.05, 4.69) is 161 Å². The molecule has 0 bridgehead atoms. The maximum Gasteiger partial charge on any atom is 0.0544 e. The molecule has 4 aromatic rings. The van der Waals surface area contributed by atoms with E-state index in [1.807, 2.05) is 0 Å². The molecule has 0 radical (unpaired) electrons. The Morgan fingerprint density at radius 2 is 1.47 bits per heavy atom. The third kappa shape index (κ3) is 4.77. The lowest BCUT2D eigenvalue weighted by Crippen LogP contribution is -2.33. The van der Waals surface area contributed by atoms with Gasteiger partial charge in [-0.1, -0.05) is 103 Å². The van der Waals surface area contributed by atoms with Gasteiger partial charge in [0.05, 0.1) is 11.0 Å². The molecule has 5 unspecified atom stereocenters. The Hall–Kier alpha value is -4.73. The molecule has 7 aliphatic rings. The highest BCUT2D eigenvalue weighted by Gasteiger charge is 2.41. The standard InChI is InChI=1S/C48H42N2S/c1-3-11-35(12-4-1)49-43-17-9-7-15-37(43)40-27-31(20-24-44(40)49)32-21-25-45-41(28-32)38-23-19-34(30-46(38)50(45)36-13-5-2-6-14-36)33-22-26-48-42(29-33)39-16-8-10-18-47(39)51-48/h1-3,5,8-11,13,16-19,21-31,39,42,47-48H,4,6-7,12,14-15,20H2. The molecule has 2 aromatic heterocycles. The fourth-order valence-electron chi connectivity index (χ4n) is 9.90. The van der Waals surface area contributed by atoms with E-state index in [0.29, 0.717) is 28.3 Å². The first-order valence-electron chi connectivity index (χ1n) is 19.1. The normalized spacial score (nSPS) is 27.0. The Balaban J connectivity index is 1.03. The molecule has 5 atom stereocenters. The third-order valence-corrected chi connectivity index (χ3v) is 13.9. The predicted octanol–water partition coefficient (Wildman–Crippen LogP) is 10.5. The first-order chi connectivity index (χ1) is 25.3. The van der Waals surface area contributed by atoms with E-state index in [0.717, 1.165) is 44.9 Å². The van der Waals surface area contributed by atoms with Crippen LogP contribution in [0.5, 0.6) is 0 Å². The zero-order chi connectivity index (χ0) is 33.5. The van der Waals surface area contributed by atoms with E-state index in [4.69, 9.17) is 0 Å². The minimum absolute atomic E-state index is 0.366. The summed E-state index contributed by atoms with van der Waals surface area (Å²) >= 11 is 2.12. The first-order valence-corrected chi connectivity index (χ1v) is 20.1. The quantitative estimate of drug-likeness (QED) is 0.209. The average molecular weight is 679 g/mol. The topological polar surface area (TPSA) is 9.86 Å². The number of fused-ring (bicyclic) bond motifs is 9.